The maximum atomic E-state index is 8.98. The molecule has 3 aromatic carbocycles. The standard InChI is InChI=1S/C10H13BO2.C10H11Br.C10H12/c12-11(13)10-6-5-8-3-1-2-4-9(8)7-10;11-10-6-5-8-3-1-2-4-9(8)7-10;1-2-6-10-8-4-3-7-9(10)5-1/h5-7,12-13H,1-4H2;5-7H,1-4H2;1-2,5-6H,3-4,7-8H2. The second kappa shape index (κ2) is 12.7. The summed E-state index contributed by atoms with van der Waals surface area (Å²) in [6.07, 6.45) is 15.4. The Kier molecular flexibility index (Phi) is 9.44. The van der Waals surface area contributed by atoms with Crippen molar-refractivity contribution in [2.24, 2.45) is 0 Å². The van der Waals surface area contributed by atoms with Crippen molar-refractivity contribution in [1.29, 1.82) is 0 Å². The van der Waals surface area contributed by atoms with Gasteiger partial charge in [0.15, 0.2) is 0 Å². The van der Waals surface area contributed by atoms with Gasteiger partial charge in [-0.2, -0.15) is 0 Å². The monoisotopic (exact) mass is 518 g/mol. The third kappa shape index (κ3) is 7.07. The van der Waals surface area contributed by atoms with E-state index in [1.807, 2.05) is 12.1 Å². The van der Waals surface area contributed by atoms with E-state index in [1.165, 1.54) is 79.8 Å². The summed E-state index contributed by atoms with van der Waals surface area (Å²) in [5, 5.41) is 18.0. The summed E-state index contributed by atoms with van der Waals surface area (Å²) in [5.41, 5.74) is 9.53. The molecule has 2 nitrogen and oxygen atoms in total. The lowest BCUT2D eigenvalue weighted by molar-refractivity contribution is 0.425. The lowest BCUT2D eigenvalue weighted by atomic mass is 9.77. The average Bonchev–Trinajstić information content (AvgIpc) is 2.89. The minimum Gasteiger partial charge on any atom is -0.423 e. The van der Waals surface area contributed by atoms with Crippen molar-refractivity contribution in [2.45, 2.75) is 77.0 Å². The van der Waals surface area contributed by atoms with Crippen LogP contribution in [-0.4, -0.2) is 17.2 Å². The molecule has 4 heteroatoms. The van der Waals surface area contributed by atoms with Crippen molar-refractivity contribution < 1.29 is 10.0 Å². The van der Waals surface area contributed by atoms with Crippen LogP contribution in [0.25, 0.3) is 0 Å². The first kappa shape index (κ1) is 25.2. The van der Waals surface area contributed by atoms with Crippen molar-refractivity contribution in [3.05, 3.63) is 98.5 Å². The van der Waals surface area contributed by atoms with Gasteiger partial charge in [0.05, 0.1) is 0 Å². The van der Waals surface area contributed by atoms with Gasteiger partial charge in [-0.05, 0) is 128 Å². The Morgan fingerprint density at radius 1 is 0.500 bits per heavy atom. The van der Waals surface area contributed by atoms with E-state index in [0.717, 1.165) is 12.8 Å². The largest absolute Gasteiger partial charge is 0.488 e. The first-order valence-corrected chi connectivity index (χ1v) is 13.7. The van der Waals surface area contributed by atoms with E-state index in [2.05, 4.69) is 58.4 Å². The van der Waals surface area contributed by atoms with Crippen LogP contribution in [0.4, 0.5) is 0 Å². The van der Waals surface area contributed by atoms with Crippen LogP contribution in [0.3, 0.4) is 0 Å². The van der Waals surface area contributed by atoms with Gasteiger partial charge < -0.3 is 10.0 Å². The molecule has 34 heavy (non-hydrogen) atoms. The molecule has 3 aliphatic rings. The highest BCUT2D eigenvalue weighted by molar-refractivity contribution is 9.10. The predicted octanol–water partition coefficient (Wildman–Crippen LogP) is 6.14. The molecule has 0 radical (unpaired) electrons. The third-order valence-corrected chi connectivity index (χ3v) is 7.74. The zero-order chi connectivity index (χ0) is 23.8. The molecule has 178 valence electrons. The van der Waals surface area contributed by atoms with E-state index >= 15 is 0 Å². The molecule has 0 amide bonds. The first-order valence-electron chi connectivity index (χ1n) is 12.9. The molecule has 0 saturated carbocycles. The van der Waals surface area contributed by atoms with Crippen LogP contribution in [-0.2, 0) is 38.5 Å². The smallest absolute Gasteiger partial charge is 0.423 e. The molecule has 0 atom stereocenters. The summed E-state index contributed by atoms with van der Waals surface area (Å²) < 4.78 is 1.22. The van der Waals surface area contributed by atoms with Crippen molar-refractivity contribution in [3.63, 3.8) is 0 Å². The quantitative estimate of drug-likeness (QED) is 0.380. The van der Waals surface area contributed by atoms with Crippen molar-refractivity contribution >= 4 is 28.5 Å². The Labute approximate surface area is 213 Å². The highest BCUT2D eigenvalue weighted by Crippen LogP contribution is 2.24. The molecule has 0 spiro atoms. The SMILES string of the molecule is Brc1ccc2c(c1)CCCC2.OB(O)c1ccc2c(c1)CCCC2.c1ccc2c(c1)CCCC2. The van der Waals surface area contributed by atoms with Gasteiger partial charge in [0.25, 0.3) is 0 Å². The van der Waals surface area contributed by atoms with E-state index < -0.39 is 7.12 Å². The highest BCUT2D eigenvalue weighted by Gasteiger charge is 2.15. The number of aryl methyl sites for hydroxylation is 6. The van der Waals surface area contributed by atoms with Crippen LogP contribution in [0.15, 0.2) is 65.1 Å². The number of halogens is 1. The van der Waals surface area contributed by atoms with E-state index in [-0.39, 0.29) is 0 Å². The second-order valence-corrected chi connectivity index (χ2v) is 10.6. The third-order valence-electron chi connectivity index (χ3n) is 7.24. The summed E-state index contributed by atoms with van der Waals surface area (Å²) in [6.45, 7) is 0. The second-order valence-electron chi connectivity index (χ2n) is 9.70. The molecule has 0 unspecified atom stereocenters. The molecule has 0 heterocycles. The predicted molar refractivity (Wildman–Crippen MR) is 147 cm³/mol. The lowest BCUT2D eigenvalue weighted by Crippen LogP contribution is -2.30. The van der Waals surface area contributed by atoms with Crippen LogP contribution in [0.5, 0.6) is 0 Å². The fraction of sp³-hybridized carbons (Fsp3) is 0.400. The van der Waals surface area contributed by atoms with Gasteiger partial charge in [0.2, 0.25) is 0 Å². The minimum absolute atomic E-state index is 0.612. The van der Waals surface area contributed by atoms with Gasteiger partial charge in [-0.15, -0.1) is 0 Å². The molecule has 0 fully saturated rings. The fourth-order valence-corrected chi connectivity index (χ4v) is 5.70. The molecule has 6 rings (SSSR count). The molecule has 3 aromatic rings. The zero-order valence-corrected chi connectivity index (χ0v) is 21.7. The molecular formula is C30H36BBrO2. The number of benzene rings is 3. The molecule has 3 aliphatic carbocycles. The molecule has 0 aliphatic heterocycles. The van der Waals surface area contributed by atoms with Gasteiger partial charge >= 0.3 is 7.12 Å². The summed E-state index contributed by atoms with van der Waals surface area (Å²) in [4.78, 5) is 0. The number of fused-ring (bicyclic) bond motifs is 3. The summed E-state index contributed by atoms with van der Waals surface area (Å²) >= 11 is 3.49. The Morgan fingerprint density at radius 3 is 1.41 bits per heavy atom. The summed E-state index contributed by atoms with van der Waals surface area (Å²) in [7, 11) is -1.33. The van der Waals surface area contributed by atoms with Crippen LogP contribution in [0.2, 0.25) is 0 Å². The van der Waals surface area contributed by atoms with Crippen LogP contribution < -0.4 is 5.46 Å². The highest BCUT2D eigenvalue weighted by atomic mass is 79.9. The normalized spacial score (nSPS) is 15.9. The van der Waals surface area contributed by atoms with Crippen LogP contribution in [0, 0.1) is 0 Å². The minimum atomic E-state index is -1.33. The summed E-state index contributed by atoms with van der Waals surface area (Å²) in [5.74, 6) is 0. The average molecular weight is 519 g/mol. The number of hydrogen-bond donors (Lipinski definition) is 2. The Balaban J connectivity index is 0.000000122. The Hall–Kier alpha value is -1.88. The molecule has 0 saturated heterocycles. The van der Waals surface area contributed by atoms with E-state index in [0.29, 0.717) is 5.46 Å². The molecule has 0 bridgehead atoms. The lowest BCUT2D eigenvalue weighted by Gasteiger charge is -2.16. The van der Waals surface area contributed by atoms with Crippen LogP contribution >= 0.6 is 15.9 Å². The van der Waals surface area contributed by atoms with Crippen molar-refractivity contribution in [2.75, 3.05) is 0 Å². The fourth-order valence-electron chi connectivity index (χ4n) is 5.29. The topological polar surface area (TPSA) is 40.5 Å². The Morgan fingerprint density at radius 2 is 0.912 bits per heavy atom. The van der Waals surface area contributed by atoms with Crippen molar-refractivity contribution in [1.82, 2.24) is 0 Å². The van der Waals surface area contributed by atoms with Gasteiger partial charge in [-0.1, -0.05) is 64.5 Å². The van der Waals surface area contributed by atoms with Gasteiger partial charge in [0.1, 0.15) is 0 Å². The van der Waals surface area contributed by atoms with Gasteiger partial charge in [0, 0.05) is 4.47 Å². The Bertz CT molecular complexity index is 1050. The first-order chi connectivity index (χ1) is 16.6. The van der Waals surface area contributed by atoms with Gasteiger partial charge in [-0.25, -0.2) is 0 Å². The molecule has 0 aromatic heterocycles. The molecular weight excluding hydrogens is 483 g/mol. The zero-order valence-electron chi connectivity index (χ0n) is 20.1. The van der Waals surface area contributed by atoms with Gasteiger partial charge in [-0.3, -0.25) is 0 Å². The number of hydrogen-bond acceptors (Lipinski definition) is 2. The molecule has 2 N–H and O–H groups in total. The maximum Gasteiger partial charge on any atom is 0.488 e. The number of rotatable bonds is 1. The van der Waals surface area contributed by atoms with Crippen LogP contribution in [0.1, 0.15) is 71.9 Å². The van der Waals surface area contributed by atoms with E-state index in [4.69, 9.17) is 10.0 Å². The maximum absolute atomic E-state index is 8.98. The van der Waals surface area contributed by atoms with E-state index in [9.17, 15) is 0 Å². The summed E-state index contributed by atoms with van der Waals surface area (Å²) in [6, 6.07) is 21.2. The van der Waals surface area contributed by atoms with Crippen molar-refractivity contribution in [3.8, 4) is 0 Å². The van der Waals surface area contributed by atoms with E-state index in [1.54, 1.807) is 28.3 Å².